The number of pyridine rings is 1. The number of hydrogen-bond donors (Lipinski definition) is 4. The molecule has 4 N–H and O–H groups in total. The highest BCUT2D eigenvalue weighted by molar-refractivity contribution is 5.82. The molecule has 3 rings (SSSR count). The molecule has 9 heteroatoms. The number of likely N-dealkylation sites (tertiary alicyclic amines) is 1. The molecule has 3 heterocycles. The van der Waals surface area contributed by atoms with E-state index < -0.39 is 42.4 Å². The van der Waals surface area contributed by atoms with E-state index in [1.54, 1.807) is 25.5 Å². The first kappa shape index (κ1) is 17.7. The molecule has 9 nitrogen and oxygen atoms in total. The van der Waals surface area contributed by atoms with Gasteiger partial charge in [-0.25, -0.2) is 4.79 Å². The number of ether oxygens (including phenoxy) is 1. The van der Waals surface area contributed by atoms with E-state index in [1.165, 1.54) is 4.90 Å². The number of carboxylic acid groups (broad SMARTS) is 1. The third-order valence-corrected chi connectivity index (χ3v) is 4.97. The Morgan fingerprint density at radius 3 is 2.60 bits per heavy atom. The third kappa shape index (κ3) is 2.99. The monoisotopic (exact) mass is 352 g/mol. The predicted molar refractivity (Wildman–Crippen MR) is 82.2 cm³/mol. The van der Waals surface area contributed by atoms with Crippen LogP contribution >= 0.6 is 0 Å². The van der Waals surface area contributed by atoms with Gasteiger partial charge in [0.1, 0.15) is 18.3 Å². The first-order chi connectivity index (χ1) is 11.8. The summed E-state index contributed by atoms with van der Waals surface area (Å²) in [4.78, 5) is 29.4. The number of aromatic nitrogens is 1. The molecule has 1 aromatic rings. The molecule has 0 aliphatic carbocycles. The Kier molecular flexibility index (Phi) is 4.74. The van der Waals surface area contributed by atoms with Crippen LogP contribution in [-0.2, 0) is 14.3 Å². The standard InChI is InChI=1S/C16H20N2O7/c1-18-9(7-3-2-4-17-6-7)5-8(15(18)22)13-11(20)10(19)12(21)14(25-13)16(23)24/h2-4,6,8-14,19-21H,5H2,1H3,(H,23,24)/t8-,9-,10+,11+,12-,13-,14-/m0/s1. The highest BCUT2D eigenvalue weighted by Crippen LogP contribution is 2.40. The van der Waals surface area contributed by atoms with Crippen molar-refractivity contribution < 1.29 is 34.8 Å². The van der Waals surface area contributed by atoms with E-state index in [1.807, 2.05) is 6.07 Å². The Labute approximate surface area is 143 Å². The smallest absolute Gasteiger partial charge is 0.335 e. The van der Waals surface area contributed by atoms with Crippen LogP contribution in [-0.4, -0.2) is 79.8 Å². The van der Waals surface area contributed by atoms with E-state index in [0.29, 0.717) is 0 Å². The zero-order valence-electron chi connectivity index (χ0n) is 13.5. The molecule has 1 amide bonds. The maximum atomic E-state index is 12.6. The Morgan fingerprint density at radius 1 is 1.28 bits per heavy atom. The number of aliphatic carboxylic acids is 1. The molecule has 0 spiro atoms. The molecule has 0 bridgehead atoms. The van der Waals surface area contributed by atoms with Crippen molar-refractivity contribution in [2.24, 2.45) is 5.92 Å². The molecule has 0 saturated carbocycles. The fourth-order valence-corrected chi connectivity index (χ4v) is 3.56. The normalized spacial score (nSPS) is 38.8. The summed E-state index contributed by atoms with van der Waals surface area (Å²) in [6.45, 7) is 0. The highest BCUT2D eigenvalue weighted by atomic mass is 16.6. The van der Waals surface area contributed by atoms with Crippen molar-refractivity contribution in [2.75, 3.05) is 7.05 Å². The van der Waals surface area contributed by atoms with E-state index in [4.69, 9.17) is 9.84 Å². The largest absolute Gasteiger partial charge is 0.479 e. The number of hydrogen-bond acceptors (Lipinski definition) is 7. The van der Waals surface area contributed by atoms with Gasteiger partial charge in [-0.2, -0.15) is 0 Å². The van der Waals surface area contributed by atoms with Crippen LogP contribution < -0.4 is 0 Å². The molecular formula is C16H20N2O7. The van der Waals surface area contributed by atoms with Crippen molar-refractivity contribution in [3.63, 3.8) is 0 Å². The minimum absolute atomic E-state index is 0.276. The van der Waals surface area contributed by atoms with E-state index in [-0.39, 0.29) is 18.4 Å². The number of aliphatic hydroxyl groups is 3. The summed E-state index contributed by atoms with van der Waals surface area (Å²) in [5.41, 5.74) is 0.807. The average Bonchev–Trinajstić information content (AvgIpc) is 2.89. The second kappa shape index (κ2) is 6.68. The Bertz CT molecular complexity index is 655. The molecular weight excluding hydrogens is 332 g/mol. The Morgan fingerprint density at radius 2 is 2.00 bits per heavy atom. The van der Waals surface area contributed by atoms with Crippen molar-refractivity contribution >= 4 is 11.9 Å². The van der Waals surface area contributed by atoms with Crippen LogP contribution in [0.15, 0.2) is 24.5 Å². The minimum Gasteiger partial charge on any atom is -0.479 e. The lowest BCUT2D eigenvalue weighted by Gasteiger charge is -2.40. The molecule has 2 aliphatic heterocycles. The summed E-state index contributed by atoms with van der Waals surface area (Å²) in [5, 5.41) is 39.1. The molecule has 2 aliphatic rings. The molecule has 0 unspecified atom stereocenters. The molecule has 1 aromatic heterocycles. The van der Waals surface area contributed by atoms with E-state index in [9.17, 15) is 24.9 Å². The number of aliphatic hydroxyl groups excluding tert-OH is 3. The van der Waals surface area contributed by atoms with Crippen molar-refractivity contribution in [1.29, 1.82) is 0 Å². The molecule has 0 aromatic carbocycles. The van der Waals surface area contributed by atoms with Gasteiger partial charge in [0, 0.05) is 19.4 Å². The fraction of sp³-hybridized carbons (Fsp3) is 0.562. The molecule has 0 radical (unpaired) electrons. The van der Waals surface area contributed by atoms with Crippen molar-refractivity contribution in [3.05, 3.63) is 30.1 Å². The molecule has 25 heavy (non-hydrogen) atoms. The van der Waals surface area contributed by atoms with Crippen LogP contribution in [0.4, 0.5) is 0 Å². The fourth-order valence-electron chi connectivity index (χ4n) is 3.56. The molecule has 2 fully saturated rings. The van der Waals surface area contributed by atoms with Gasteiger partial charge in [-0.15, -0.1) is 0 Å². The summed E-state index contributed by atoms with van der Waals surface area (Å²) < 4.78 is 5.31. The lowest BCUT2D eigenvalue weighted by atomic mass is 9.85. The van der Waals surface area contributed by atoms with E-state index in [0.717, 1.165) is 5.56 Å². The van der Waals surface area contributed by atoms with Crippen molar-refractivity contribution in [1.82, 2.24) is 9.88 Å². The van der Waals surface area contributed by atoms with Crippen molar-refractivity contribution in [2.45, 2.75) is 43.0 Å². The van der Waals surface area contributed by atoms with Gasteiger partial charge < -0.3 is 30.1 Å². The van der Waals surface area contributed by atoms with Gasteiger partial charge in [-0.1, -0.05) is 6.07 Å². The first-order valence-corrected chi connectivity index (χ1v) is 7.92. The number of carbonyl (C=O) groups is 2. The van der Waals surface area contributed by atoms with Gasteiger partial charge in [0.2, 0.25) is 5.91 Å². The number of carboxylic acids is 1. The van der Waals surface area contributed by atoms with Crippen molar-refractivity contribution in [3.8, 4) is 0 Å². The number of rotatable bonds is 3. The lowest BCUT2D eigenvalue weighted by molar-refractivity contribution is -0.236. The predicted octanol–water partition coefficient (Wildman–Crippen LogP) is -1.46. The zero-order valence-corrected chi connectivity index (χ0v) is 13.5. The molecule has 136 valence electrons. The van der Waals surface area contributed by atoms with Crippen LogP contribution in [0.1, 0.15) is 18.0 Å². The quantitative estimate of drug-likeness (QED) is 0.517. The summed E-state index contributed by atoms with van der Waals surface area (Å²) in [7, 11) is 1.61. The summed E-state index contributed by atoms with van der Waals surface area (Å²) in [5.74, 6) is -2.63. The summed E-state index contributed by atoms with van der Waals surface area (Å²) in [6, 6.07) is 3.27. The maximum absolute atomic E-state index is 12.6. The van der Waals surface area contributed by atoms with Crippen LogP contribution in [0.3, 0.4) is 0 Å². The molecule has 2 saturated heterocycles. The van der Waals surface area contributed by atoms with E-state index in [2.05, 4.69) is 4.98 Å². The van der Waals surface area contributed by atoms with Crippen LogP contribution in [0.2, 0.25) is 0 Å². The second-order valence-corrected chi connectivity index (χ2v) is 6.42. The zero-order chi connectivity index (χ0) is 18.3. The number of amides is 1. The van der Waals surface area contributed by atoms with Crippen LogP contribution in [0.5, 0.6) is 0 Å². The third-order valence-electron chi connectivity index (χ3n) is 4.97. The van der Waals surface area contributed by atoms with E-state index >= 15 is 0 Å². The average molecular weight is 352 g/mol. The van der Waals surface area contributed by atoms with Gasteiger partial charge in [-0.3, -0.25) is 9.78 Å². The number of carbonyl (C=O) groups excluding carboxylic acids is 1. The van der Waals surface area contributed by atoms with Crippen LogP contribution in [0.25, 0.3) is 0 Å². The highest BCUT2D eigenvalue weighted by Gasteiger charge is 2.53. The number of nitrogens with zero attached hydrogens (tertiary/aromatic N) is 2. The summed E-state index contributed by atoms with van der Waals surface area (Å²) >= 11 is 0. The van der Waals surface area contributed by atoms with Gasteiger partial charge >= 0.3 is 5.97 Å². The van der Waals surface area contributed by atoms with Gasteiger partial charge in [-0.05, 0) is 18.1 Å². The SMILES string of the molecule is CN1C(=O)[C@H]([C@@H]2O[C@H](C(=O)O)[C@@H](O)[C@H](O)[C@H]2O)C[C@H]1c1cccnc1. The first-order valence-electron chi connectivity index (χ1n) is 7.92. The van der Waals surface area contributed by atoms with Gasteiger partial charge in [0.25, 0.3) is 0 Å². The van der Waals surface area contributed by atoms with Gasteiger partial charge in [0.15, 0.2) is 6.10 Å². The molecule has 7 atom stereocenters. The maximum Gasteiger partial charge on any atom is 0.335 e. The summed E-state index contributed by atoms with van der Waals surface area (Å²) in [6.07, 6.45) is -4.47. The Balaban J connectivity index is 1.85. The minimum atomic E-state index is -1.77. The topological polar surface area (TPSA) is 140 Å². The second-order valence-electron chi connectivity index (χ2n) is 6.42. The van der Waals surface area contributed by atoms with Gasteiger partial charge in [0.05, 0.1) is 18.1 Å². The Hall–Kier alpha value is -2.07. The lowest BCUT2D eigenvalue weighted by Crippen LogP contribution is -2.62. The van der Waals surface area contributed by atoms with Crippen LogP contribution in [0, 0.1) is 5.92 Å².